The van der Waals surface area contributed by atoms with Crippen LogP contribution in [0, 0.1) is 5.82 Å². The first-order valence-corrected chi connectivity index (χ1v) is 8.00. The number of hydrogen-bond acceptors (Lipinski definition) is 3. The van der Waals surface area contributed by atoms with E-state index in [9.17, 15) is 22.4 Å². The fourth-order valence-electron chi connectivity index (χ4n) is 2.79. The van der Waals surface area contributed by atoms with Crippen molar-refractivity contribution < 1.29 is 32.2 Å². The Bertz CT molecular complexity index is 963. The van der Waals surface area contributed by atoms with Crippen molar-refractivity contribution in [3.8, 4) is 16.9 Å². The van der Waals surface area contributed by atoms with Gasteiger partial charge in [0.1, 0.15) is 11.6 Å². The maximum atomic E-state index is 14.1. The summed E-state index contributed by atoms with van der Waals surface area (Å²) >= 11 is 6.02. The summed E-state index contributed by atoms with van der Waals surface area (Å²) in [5, 5.41) is 9.23. The molecule has 0 bridgehead atoms. The Labute approximate surface area is 184 Å². The molecule has 0 saturated carbocycles. The van der Waals surface area contributed by atoms with E-state index >= 15 is 0 Å². The van der Waals surface area contributed by atoms with E-state index < -0.39 is 29.6 Å². The number of carboxylic acid groups (broad SMARTS) is 1. The van der Waals surface area contributed by atoms with Gasteiger partial charge in [-0.25, -0.2) is 9.18 Å². The van der Waals surface area contributed by atoms with Crippen LogP contribution in [0.4, 0.5) is 17.6 Å². The van der Waals surface area contributed by atoms with Crippen LogP contribution in [0.15, 0.2) is 35.9 Å². The summed E-state index contributed by atoms with van der Waals surface area (Å²) in [5.74, 6) is -2.62. The number of alkyl halides is 3. The Morgan fingerprint density at radius 3 is 2.46 bits per heavy atom. The first-order valence-electron chi connectivity index (χ1n) is 7.62. The predicted molar refractivity (Wildman–Crippen MR) is 98.0 cm³/mol. The van der Waals surface area contributed by atoms with Gasteiger partial charge in [-0.2, -0.15) is 13.2 Å². The van der Waals surface area contributed by atoms with Gasteiger partial charge in [-0.3, -0.25) is 0 Å². The Morgan fingerprint density at radius 1 is 1.25 bits per heavy atom. The van der Waals surface area contributed by atoms with E-state index in [0.717, 1.165) is 12.1 Å². The van der Waals surface area contributed by atoms with Gasteiger partial charge in [-0.15, -0.1) is 0 Å². The average Bonchev–Trinajstić information content (AvgIpc) is 2.58. The minimum atomic E-state index is -4.95. The van der Waals surface area contributed by atoms with Crippen molar-refractivity contribution in [3.05, 3.63) is 57.9 Å². The van der Waals surface area contributed by atoms with Crippen LogP contribution < -0.4 is 10.5 Å². The van der Waals surface area contributed by atoms with Crippen LogP contribution in [0.5, 0.6) is 5.75 Å². The zero-order chi connectivity index (χ0) is 19.9. The quantitative estimate of drug-likeness (QED) is 0.580. The monoisotopic (exact) mass is 425 g/mol. The molecule has 0 amide bonds. The Balaban J connectivity index is 0.00000280. The number of carbonyl (C=O) groups is 1. The number of halogens is 5. The second-order valence-electron chi connectivity index (χ2n) is 5.83. The Hall–Kier alpha value is -1.58. The van der Waals surface area contributed by atoms with Crippen LogP contribution in [-0.4, -0.2) is 52.9 Å². The molecule has 0 aromatic heterocycles. The summed E-state index contributed by atoms with van der Waals surface area (Å²) in [4.78, 5) is 11.2. The minimum absolute atomic E-state index is 0. The van der Waals surface area contributed by atoms with E-state index in [1.807, 2.05) is 0 Å². The van der Waals surface area contributed by atoms with Crippen LogP contribution in [0.2, 0.25) is 5.02 Å². The van der Waals surface area contributed by atoms with Crippen molar-refractivity contribution in [2.24, 2.45) is 5.73 Å². The summed E-state index contributed by atoms with van der Waals surface area (Å²) in [5.41, 5.74) is 5.06. The zero-order valence-corrected chi connectivity index (χ0v) is 14.2. The van der Waals surface area contributed by atoms with Crippen molar-refractivity contribution in [1.82, 2.24) is 0 Å². The number of rotatable bonds is 3. The standard InChI is InChI=1S/C18H12ClF4NO3.Na.H/c19-11-3-10-4-13(17(25)26)16(18(21,22)23)27-15(10)12(6-11)8-1-2-9(7-24)14(20)5-8;;/h1-6,16H,7,24H2,(H,25,26);;. The Morgan fingerprint density at radius 2 is 1.93 bits per heavy atom. The topological polar surface area (TPSA) is 72.5 Å². The number of fused-ring (bicyclic) bond motifs is 1. The van der Waals surface area contributed by atoms with Gasteiger partial charge in [0.15, 0.2) is 0 Å². The maximum absolute atomic E-state index is 14.1. The van der Waals surface area contributed by atoms with E-state index in [1.54, 1.807) is 0 Å². The van der Waals surface area contributed by atoms with E-state index in [4.69, 9.17) is 27.2 Å². The molecule has 0 fully saturated rings. The van der Waals surface area contributed by atoms with Crippen LogP contribution in [0.25, 0.3) is 17.2 Å². The third-order valence-corrected chi connectivity index (χ3v) is 4.26. The second kappa shape index (κ2) is 8.42. The van der Waals surface area contributed by atoms with Gasteiger partial charge in [0.25, 0.3) is 0 Å². The van der Waals surface area contributed by atoms with Gasteiger partial charge in [-0.05, 0) is 29.8 Å². The third-order valence-electron chi connectivity index (χ3n) is 4.04. The normalized spacial score (nSPS) is 15.8. The number of aliphatic carboxylic acids is 1. The SMILES string of the molecule is NCc1ccc(-c2cc(Cl)cc3c2OC(C(F)(F)F)C(C(=O)O)=C3)cc1F.[NaH]. The van der Waals surface area contributed by atoms with Crippen LogP contribution in [0.1, 0.15) is 11.1 Å². The number of nitrogens with two attached hydrogens (primary N) is 1. The van der Waals surface area contributed by atoms with Gasteiger partial charge in [0, 0.05) is 28.3 Å². The molecule has 0 saturated heterocycles. The average molecular weight is 426 g/mol. The van der Waals surface area contributed by atoms with Gasteiger partial charge < -0.3 is 15.6 Å². The fraction of sp³-hybridized carbons (Fsp3) is 0.167. The molecule has 1 atom stereocenters. The molecule has 2 aromatic carbocycles. The molecular weight excluding hydrogens is 413 g/mol. The molecule has 0 aliphatic carbocycles. The van der Waals surface area contributed by atoms with Crippen LogP contribution >= 0.6 is 11.6 Å². The summed E-state index contributed by atoms with van der Waals surface area (Å²) in [6.45, 7) is -0.0445. The fourth-order valence-corrected chi connectivity index (χ4v) is 3.02. The summed E-state index contributed by atoms with van der Waals surface area (Å²) < 4.78 is 59.0. The van der Waals surface area contributed by atoms with Gasteiger partial charge in [0.2, 0.25) is 6.10 Å². The molecular formula is C18H13ClF4NNaO3. The molecule has 28 heavy (non-hydrogen) atoms. The van der Waals surface area contributed by atoms with E-state index in [-0.39, 0.29) is 69.1 Å². The van der Waals surface area contributed by atoms with Crippen molar-refractivity contribution >= 4 is 53.2 Å². The first-order chi connectivity index (χ1) is 12.6. The molecule has 0 radical (unpaired) electrons. The van der Waals surface area contributed by atoms with Crippen LogP contribution in [0.3, 0.4) is 0 Å². The molecule has 2 aromatic rings. The van der Waals surface area contributed by atoms with Crippen LogP contribution in [-0.2, 0) is 11.3 Å². The number of carboxylic acids is 1. The van der Waals surface area contributed by atoms with Crippen molar-refractivity contribution in [2.45, 2.75) is 18.8 Å². The molecule has 1 unspecified atom stereocenters. The van der Waals surface area contributed by atoms with Gasteiger partial charge >= 0.3 is 41.7 Å². The van der Waals surface area contributed by atoms with Crippen molar-refractivity contribution in [1.29, 1.82) is 0 Å². The molecule has 4 nitrogen and oxygen atoms in total. The number of hydrogen-bond donors (Lipinski definition) is 2. The van der Waals surface area contributed by atoms with E-state index in [1.165, 1.54) is 24.3 Å². The molecule has 3 N–H and O–H groups in total. The summed E-state index contributed by atoms with van der Waals surface area (Å²) in [6.07, 6.45) is -6.75. The summed E-state index contributed by atoms with van der Waals surface area (Å²) in [6, 6.07) is 6.58. The number of ether oxygens (including phenoxy) is 1. The third kappa shape index (κ3) is 4.36. The number of benzene rings is 2. The summed E-state index contributed by atoms with van der Waals surface area (Å²) in [7, 11) is 0. The van der Waals surface area contributed by atoms with Crippen molar-refractivity contribution in [2.75, 3.05) is 0 Å². The molecule has 144 valence electrons. The van der Waals surface area contributed by atoms with E-state index in [0.29, 0.717) is 0 Å². The van der Waals surface area contributed by atoms with Crippen molar-refractivity contribution in [3.63, 3.8) is 0 Å². The molecule has 0 spiro atoms. The molecule has 1 heterocycles. The zero-order valence-electron chi connectivity index (χ0n) is 13.5. The Kier molecular flexibility index (Phi) is 6.83. The van der Waals surface area contributed by atoms with Gasteiger partial charge in [-0.1, -0.05) is 23.7 Å². The first kappa shape index (κ1) is 22.7. The molecule has 10 heteroatoms. The second-order valence-corrected chi connectivity index (χ2v) is 6.26. The molecule has 1 aliphatic rings. The van der Waals surface area contributed by atoms with E-state index in [2.05, 4.69) is 0 Å². The predicted octanol–water partition coefficient (Wildman–Crippen LogP) is 3.75. The molecule has 3 rings (SSSR count). The van der Waals surface area contributed by atoms with Gasteiger partial charge in [0.05, 0.1) is 5.57 Å². The molecule has 1 aliphatic heterocycles.